The number of anilines is 3. The van der Waals surface area contributed by atoms with Gasteiger partial charge in [0.1, 0.15) is 17.8 Å². The van der Waals surface area contributed by atoms with Crippen LogP contribution in [-0.4, -0.2) is 15.0 Å². The summed E-state index contributed by atoms with van der Waals surface area (Å²) in [5, 5.41) is 3.41. The summed E-state index contributed by atoms with van der Waals surface area (Å²) in [6.45, 7) is 6.31. The van der Waals surface area contributed by atoms with Gasteiger partial charge in [-0.15, -0.1) is 0 Å². The van der Waals surface area contributed by atoms with Crippen LogP contribution in [0.3, 0.4) is 0 Å². The highest BCUT2D eigenvalue weighted by Crippen LogP contribution is 2.39. The molecule has 38 heavy (non-hydrogen) atoms. The summed E-state index contributed by atoms with van der Waals surface area (Å²) < 4.78 is 14.4. The van der Waals surface area contributed by atoms with Crippen molar-refractivity contribution in [2.45, 2.75) is 51.9 Å². The molecule has 5 rings (SSSR count). The first kappa shape index (κ1) is 25.6. The molecule has 0 saturated heterocycles. The topological polar surface area (TPSA) is 76.7 Å². The second-order valence-electron chi connectivity index (χ2n) is 10.3. The fourth-order valence-corrected chi connectivity index (χ4v) is 5.22. The molecule has 3 N–H and O–H groups in total. The van der Waals surface area contributed by atoms with Crippen LogP contribution in [0.4, 0.5) is 21.6 Å². The Hall–Kier alpha value is -4.06. The molecule has 5 nitrogen and oxygen atoms in total. The minimum Gasteiger partial charge on any atom is -0.382 e. The number of nitrogen functional groups attached to an aromatic ring is 1. The molecule has 0 bridgehead atoms. The van der Waals surface area contributed by atoms with Gasteiger partial charge in [0.2, 0.25) is 0 Å². The molecule has 0 unspecified atom stereocenters. The average molecular weight is 508 g/mol. The van der Waals surface area contributed by atoms with Crippen LogP contribution < -0.4 is 11.1 Å². The summed E-state index contributed by atoms with van der Waals surface area (Å²) in [4.78, 5) is 13.1. The smallest absolute Gasteiger partial charge is 0.151 e. The molecule has 4 aromatic rings. The number of rotatable bonds is 9. The Morgan fingerprint density at radius 3 is 2.37 bits per heavy atom. The van der Waals surface area contributed by atoms with E-state index in [0.717, 1.165) is 70.6 Å². The lowest BCUT2D eigenvalue weighted by molar-refractivity contribution is 0.623. The quantitative estimate of drug-likeness (QED) is 0.250. The van der Waals surface area contributed by atoms with Gasteiger partial charge in [0, 0.05) is 17.6 Å². The van der Waals surface area contributed by atoms with Crippen molar-refractivity contribution in [1.29, 1.82) is 0 Å². The molecule has 1 saturated carbocycles. The standard InChI is InChI=1S/C32H34FN5/c1-21-7-8-24(19-35-21)9-10-25-16-26(18-28(33)17-25)15-23-11-13-29(14-12-23)38-31-30(36-20-37-32(31)34)22(2)27-5-3-4-6-27/h7-8,11-14,16-20,27,38H,2-6,9-10,15H2,1H3,(H2,34,36,37). The minimum atomic E-state index is -0.201. The van der Waals surface area contributed by atoms with Gasteiger partial charge in [-0.25, -0.2) is 14.4 Å². The van der Waals surface area contributed by atoms with Crippen LogP contribution in [0.5, 0.6) is 0 Å². The van der Waals surface area contributed by atoms with Gasteiger partial charge in [0.05, 0.1) is 5.69 Å². The normalized spacial score (nSPS) is 13.5. The first-order valence-corrected chi connectivity index (χ1v) is 13.3. The number of benzene rings is 2. The number of allylic oxidation sites excluding steroid dienone is 1. The Morgan fingerprint density at radius 2 is 1.63 bits per heavy atom. The van der Waals surface area contributed by atoms with E-state index in [1.807, 2.05) is 31.3 Å². The van der Waals surface area contributed by atoms with Crippen molar-refractivity contribution in [2.75, 3.05) is 11.1 Å². The Kier molecular flexibility index (Phi) is 7.78. The molecule has 1 aliphatic carbocycles. The van der Waals surface area contributed by atoms with Crippen molar-refractivity contribution in [1.82, 2.24) is 15.0 Å². The number of nitrogens with two attached hydrogens (primary N) is 1. The van der Waals surface area contributed by atoms with E-state index >= 15 is 0 Å². The second-order valence-corrected chi connectivity index (χ2v) is 10.3. The van der Waals surface area contributed by atoms with Crippen molar-refractivity contribution in [3.8, 4) is 0 Å². The van der Waals surface area contributed by atoms with Gasteiger partial charge in [0.15, 0.2) is 5.82 Å². The van der Waals surface area contributed by atoms with Crippen molar-refractivity contribution in [3.05, 3.63) is 113 Å². The van der Waals surface area contributed by atoms with Crippen LogP contribution in [0.1, 0.15) is 59.3 Å². The molecule has 2 heterocycles. The monoisotopic (exact) mass is 507 g/mol. The Bertz CT molecular complexity index is 1410. The zero-order valence-corrected chi connectivity index (χ0v) is 21.9. The Labute approximate surface area is 224 Å². The third kappa shape index (κ3) is 6.25. The summed E-state index contributed by atoms with van der Waals surface area (Å²) in [5.74, 6) is 0.649. The SMILES string of the molecule is C=C(c1ncnc(N)c1Nc1ccc(Cc2cc(F)cc(CCc3ccc(C)nc3)c2)cc1)C1CCCC1. The van der Waals surface area contributed by atoms with E-state index in [1.54, 1.807) is 12.1 Å². The molecule has 1 fully saturated rings. The van der Waals surface area contributed by atoms with Crippen LogP contribution >= 0.6 is 0 Å². The maximum atomic E-state index is 14.4. The Balaban J connectivity index is 1.26. The maximum absolute atomic E-state index is 14.4. The fraction of sp³-hybridized carbons (Fsp3) is 0.281. The largest absolute Gasteiger partial charge is 0.382 e. The predicted octanol–water partition coefficient (Wildman–Crippen LogP) is 7.22. The summed E-state index contributed by atoms with van der Waals surface area (Å²) in [7, 11) is 0. The van der Waals surface area contributed by atoms with E-state index in [-0.39, 0.29) is 5.82 Å². The lowest BCUT2D eigenvalue weighted by atomic mass is 9.95. The molecule has 1 aliphatic rings. The predicted molar refractivity (Wildman–Crippen MR) is 153 cm³/mol. The van der Waals surface area contributed by atoms with Crippen LogP contribution in [0.15, 0.2) is 73.7 Å². The molecule has 0 aliphatic heterocycles. The van der Waals surface area contributed by atoms with Crippen molar-refractivity contribution in [3.63, 3.8) is 0 Å². The summed E-state index contributed by atoms with van der Waals surface area (Å²) in [5.41, 5.74) is 14.9. The maximum Gasteiger partial charge on any atom is 0.151 e. The van der Waals surface area contributed by atoms with Gasteiger partial charge in [-0.05, 0) is 103 Å². The van der Waals surface area contributed by atoms with Crippen molar-refractivity contribution < 1.29 is 4.39 Å². The van der Waals surface area contributed by atoms with E-state index in [9.17, 15) is 4.39 Å². The molecule has 6 heteroatoms. The number of pyridine rings is 1. The molecular formula is C32H34FN5. The van der Waals surface area contributed by atoms with Gasteiger partial charge in [-0.3, -0.25) is 4.98 Å². The lowest BCUT2D eigenvalue weighted by Gasteiger charge is -2.18. The molecule has 0 atom stereocenters. The van der Waals surface area contributed by atoms with E-state index in [1.165, 1.54) is 19.2 Å². The van der Waals surface area contributed by atoms with Gasteiger partial charge in [-0.1, -0.05) is 43.7 Å². The third-order valence-electron chi connectivity index (χ3n) is 7.35. The number of nitrogens with one attached hydrogen (secondary N) is 1. The molecule has 2 aromatic carbocycles. The Morgan fingerprint density at radius 1 is 0.921 bits per heavy atom. The number of hydrogen-bond acceptors (Lipinski definition) is 5. The molecule has 0 amide bonds. The first-order chi connectivity index (χ1) is 18.4. The van der Waals surface area contributed by atoms with E-state index in [2.05, 4.69) is 51.1 Å². The fourth-order valence-electron chi connectivity index (χ4n) is 5.22. The zero-order valence-electron chi connectivity index (χ0n) is 21.9. The molecule has 194 valence electrons. The first-order valence-electron chi connectivity index (χ1n) is 13.3. The van der Waals surface area contributed by atoms with Crippen LogP contribution in [-0.2, 0) is 19.3 Å². The average Bonchev–Trinajstić information content (AvgIpc) is 3.45. The highest BCUT2D eigenvalue weighted by atomic mass is 19.1. The van der Waals surface area contributed by atoms with E-state index < -0.39 is 0 Å². The van der Waals surface area contributed by atoms with E-state index in [4.69, 9.17) is 5.73 Å². The number of aromatic nitrogens is 3. The summed E-state index contributed by atoms with van der Waals surface area (Å²) in [6.07, 6.45) is 10.4. The highest BCUT2D eigenvalue weighted by molar-refractivity contribution is 5.82. The van der Waals surface area contributed by atoms with Crippen molar-refractivity contribution in [2.24, 2.45) is 5.92 Å². The number of aryl methyl sites for hydroxylation is 3. The second kappa shape index (κ2) is 11.5. The highest BCUT2D eigenvalue weighted by Gasteiger charge is 2.23. The van der Waals surface area contributed by atoms with Crippen LogP contribution in [0, 0.1) is 18.7 Å². The molecule has 0 spiro atoms. The third-order valence-corrected chi connectivity index (χ3v) is 7.35. The minimum absolute atomic E-state index is 0.201. The van der Waals surface area contributed by atoms with Crippen LogP contribution in [0.2, 0.25) is 0 Å². The van der Waals surface area contributed by atoms with Gasteiger partial charge in [0.25, 0.3) is 0 Å². The number of halogens is 1. The molecular weight excluding hydrogens is 473 g/mol. The summed E-state index contributed by atoms with van der Waals surface area (Å²) in [6, 6.07) is 17.6. The summed E-state index contributed by atoms with van der Waals surface area (Å²) >= 11 is 0. The number of hydrogen-bond donors (Lipinski definition) is 2. The van der Waals surface area contributed by atoms with Crippen LogP contribution in [0.25, 0.3) is 5.57 Å². The van der Waals surface area contributed by atoms with Crippen molar-refractivity contribution >= 4 is 22.8 Å². The zero-order chi connectivity index (χ0) is 26.5. The lowest BCUT2D eigenvalue weighted by Crippen LogP contribution is -2.08. The molecule has 2 aromatic heterocycles. The van der Waals surface area contributed by atoms with Gasteiger partial charge < -0.3 is 11.1 Å². The van der Waals surface area contributed by atoms with E-state index in [0.29, 0.717) is 23.8 Å². The number of nitrogens with zero attached hydrogens (tertiary/aromatic N) is 3. The van der Waals surface area contributed by atoms with Gasteiger partial charge in [-0.2, -0.15) is 0 Å². The molecule has 0 radical (unpaired) electrons. The van der Waals surface area contributed by atoms with Gasteiger partial charge >= 0.3 is 0 Å².